The molecule has 0 unspecified atom stereocenters. The number of carboxylic acid groups (broad SMARTS) is 1. The molecule has 1 aromatic heterocycles. The molecule has 0 saturated heterocycles. The van der Waals surface area contributed by atoms with Crippen LogP contribution >= 0.6 is 11.6 Å². The summed E-state index contributed by atoms with van der Waals surface area (Å²) < 4.78 is 1.90. The molecule has 0 aliphatic carbocycles. The number of carboxylic acids is 1. The summed E-state index contributed by atoms with van der Waals surface area (Å²) in [6.07, 6.45) is 1.34. The highest BCUT2D eigenvalue weighted by atomic mass is 35.5. The predicted molar refractivity (Wildman–Crippen MR) is 94.8 cm³/mol. The summed E-state index contributed by atoms with van der Waals surface area (Å²) in [4.78, 5) is 23.6. The molecule has 3 aromatic rings. The molecule has 4 nitrogen and oxygen atoms in total. The summed E-state index contributed by atoms with van der Waals surface area (Å²) in [5.74, 6) is -1.02. The van der Waals surface area contributed by atoms with Crippen molar-refractivity contribution in [3.8, 4) is 0 Å². The second-order valence-electron chi connectivity index (χ2n) is 5.83. The van der Waals surface area contributed by atoms with Gasteiger partial charge in [-0.25, -0.2) is 0 Å². The van der Waals surface area contributed by atoms with Crippen molar-refractivity contribution in [3.63, 3.8) is 0 Å². The van der Waals surface area contributed by atoms with Crippen molar-refractivity contribution in [2.45, 2.75) is 19.9 Å². The Hall–Kier alpha value is -2.59. The molecule has 1 heterocycles. The van der Waals surface area contributed by atoms with E-state index in [4.69, 9.17) is 16.7 Å². The number of hydrogen-bond acceptors (Lipinski definition) is 2. The second-order valence-corrected chi connectivity index (χ2v) is 6.27. The van der Waals surface area contributed by atoms with Crippen LogP contribution in [0.5, 0.6) is 0 Å². The number of aromatic nitrogens is 1. The maximum Gasteiger partial charge on any atom is 0.308 e. The molecule has 3 rings (SSSR count). The van der Waals surface area contributed by atoms with E-state index in [0.717, 1.165) is 16.6 Å². The first-order chi connectivity index (χ1) is 11.4. The first-order valence-electron chi connectivity index (χ1n) is 7.53. The number of aryl methyl sites for hydroxylation is 1. The lowest BCUT2D eigenvalue weighted by atomic mass is 10.1. The minimum atomic E-state index is -1.02. The van der Waals surface area contributed by atoms with Crippen LogP contribution in [0.2, 0.25) is 5.02 Å². The van der Waals surface area contributed by atoms with Gasteiger partial charge >= 0.3 is 5.97 Å². The summed E-state index contributed by atoms with van der Waals surface area (Å²) in [6.45, 7) is 2.41. The van der Waals surface area contributed by atoms with Gasteiger partial charge in [-0.05, 0) is 36.8 Å². The molecular weight excluding hydrogens is 326 g/mol. The van der Waals surface area contributed by atoms with Crippen molar-refractivity contribution in [2.24, 2.45) is 0 Å². The van der Waals surface area contributed by atoms with E-state index in [1.165, 1.54) is 0 Å². The molecule has 0 atom stereocenters. The summed E-state index contributed by atoms with van der Waals surface area (Å²) in [7, 11) is 0. The van der Waals surface area contributed by atoms with Gasteiger partial charge in [-0.15, -0.1) is 0 Å². The molecule has 0 aliphatic heterocycles. The Morgan fingerprint density at radius 1 is 1.21 bits per heavy atom. The Bertz CT molecular complexity index is 992. The van der Waals surface area contributed by atoms with Gasteiger partial charge in [0.1, 0.15) is 0 Å². The van der Waals surface area contributed by atoms with Crippen molar-refractivity contribution >= 4 is 28.5 Å². The van der Waals surface area contributed by atoms with Gasteiger partial charge in [0, 0.05) is 28.7 Å². The van der Waals surface area contributed by atoms with E-state index in [1.807, 2.05) is 41.8 Å². The molecule has 0 radical (unpaired) electrons. The van der Waals surface area contributed by atoms with Gasteiger partial charge in [0.2, 0.25) is 0 Å². The average molecular weight is 342 g/mol. The monoisotopic (exact) mass is 341 g/mol. The topological polar surface area (TPSA) is 59.3 Å². The molecule has 0 spiro atoms. The number of pyridine rings is 1. The SMILES string of the molecule is Cc1ccc2c(c1)c(=O)c(CC(=O)O)cn2Cc1cccc(Cl)c1. The number of hydrogen-bond donors (Lipinski definition) is 1. The van der Waals surface area contributed by atoms with E-state index >= 15 is 0 Å². The van der Waals surface area contributed by atoms with E-state index in [0.29, 0.717) is 17.0 Å². The van der Waals surface area contributed by atoms with Crippen LogP contribution < -0.4 is 5.43 Å². The summed E-state index contributed by atoms with van der Waals surface area (Å²) in [5, 5.41) is 10.2. The van der Waals surface area contributed by atoms with Crippen LogP contribution in [0.15, 0.2) is 53.5 Å². The Balaban J connectivity index is 2.20. The highest BCUT2D eigenvalue weighted by Crippen LogP contribution is 2.18. The zero-order valence-corrected chi connectivity index (χ0v) is 13.9. The average Bonchev–Trinajstić information content (AvgIpc) is 2.51. The van der Waals surface area contributed by atoms with Gasteiger partial charge in [0.25, 0.3) is 0 Å². The zero-order valence-electron chi connectivity index (χ0n) is 13.1. The minimum Gasteiger partial charge on any atom is -0.481 e. The fourth-order valence-electron chi connectivity index (χ4n) is 2.82. The van der Waals surface area contributed by atoms with E-state index in [2.05, 4.69) is 0 Å². The maximum absolute atomic E-state index is 12.6. The smallest absolute Gasteiger partial charge is 0.308 e. The Morgan fingerprint density at radius 2 is 2.00 bits per heavy atom. The lowest BCUT2D eigenvalue weighted by molar-refractivity contribution is -0.136. The summed E-state index contributed by atoms with van der Waals surface area (Å²) >= 11 is 6.04. The summed E-state index contributed by atoms with van der Waals surface area (Å²) in [6, 6.07) is 13.1. The summed E-state index contributed by atoms with van der Waals surface area (Å²) in [5.41, 5.74) is 2.77. The molecule has 0 fully saturated rings. The molecule has 122 valence electrons. The number of nitrogens with zero attached hydrogens (tertiary/aromatic N) is 1. The number of halogens is 1. The van der Waals surface area contributed by atoms with E-state index < -0.39 is 5.97 Å². The lowest BCUT2D eigenvalue weighted by Crippen LogP contribution is -2.18. The van der Waals surface area contributed by atoms with Crippen LogP contribution in [-0.4, -0.2) is 15.6 Å². The van der Waals surface area contributed by atoms with Gasteiger partial charge in [-0.1, -0.05) is 35.4 Å². The van der Waals surface area contributed by atoms with Crippen LogP contribution in [-0.2, 0) is 17.8 Å². The third-order valence-electron chi connectivity index (χ3n) is 3.89. The fourth-order valence-corrected chi connectivity index (χ4v) is 3.04. The Labute approximate surface area is 143 Å². The van der Waals surface area contributed by atoms with Crippen LogP contribution in [0.1, 0.15) is 16.7 Å². The van der Waals surface area contributed by atoms with Crippen LogP contribution in [0.4, 0.5) is 0 Å². The normalized spacial score (nSPS) is 10.9. The Morgan fingerprint density at radius 3 is 2.71 bits per heavy atom. The van der Waals surface area contributed by atoms with E-state index in [9.17, 15) is 9.59 Å². The molecule has 0 amide bonds. The van der Waals surface area contributed by atoms with Crippen LogP contribution in [0.25, 0.3) is 10.9 Å². The maximum atomic E-state index is 12.6. The molecule has 2 aromatic carbocycles. The first-order valence-corrected chi connectivity index (χ1v) is 7.91. The third kappa shape index (κ3) is 3.34. The third-order valence-corrected chi connectivity index (χ3v) is 4.13. The van der Waals surface area contributed by atoms with Crippen molar-refractivity contribution in [1.82, 2.24) is 4.57 Å². The molecule has 24 heavy (non-hydrogen) atoms. The number of carbonyl (C=O) groups is 1. The number of aliphatic carboxylic acids is 1. The Kier molecular flexibility index (Phi) is 4.40. The van der Waals surface area contributed by atoms with Gasteiger partial charge in [-0.2, -0.15) is 0 Å². The van der Waals surface area contributed by atoms with E-state index in [-0.39, 0.29) is 17.4 Å². The molecule has 1 N–H and O–H groups in total. The quantitative estimate of drug-likeness (QED) is 0.788. The number of fused-ring (bicyclic) bond motifs is 1. The van der Waals surface area contributed by atoms with Gasteiger partial charge in [0.05, 0.1) is 11.9 Å². The first kappa shape index (κ1) is 16.3. The van der Waals surface area contributed by atoms with Gasteiger partial charge in [0.15, 0.2) is 5.43 Å². The van der Waals surface area contributed by atoms with Crippen molar-refractivity contribution in [1.29, 1.82) is 0 Å². The molecule has 0 bridgehead atoms. The zero-order chi connectivity index (χ0) is 17.3. The standard InChI is InChI=1S/C19H16ClNO3/c1-12-5-6-17-16(7-12)19(24)14(9-18(22)23)11-21(17)10-13-3-2-4-15(20)8-13/h2-8,11H,9-10H2,1H3,(H,22,23). The van der Waals surface area contributed by atoms with Crippen molar-refractivity contribution in [2.75, 3.05) is 0 Å². The van der Waals surface area contributed by atoms with Gasteiger partial charge < -0.3 is 9.67 Å². The fraction of sp³-hybridized carbons (Fsp3) is 0.158. The minimum absolute atomic E-state index is 0.224. The molecule has 0 saturated carbocycles. The van der Waals surface area contributed by atoms with Crippen LogP contribution in [0, 0.1) is 6.92 Å². The van der Waals surface area contributed by atoms with Crippen molar-refractivity contribution < 1.29 is 9.90 Å². The molecular formula is C19H16ClNO3. The number of rotatable bonds is 4. The largest absolute Gasteiger partial charge is 0.481 e. The molecule has 5 heteroatoms. The predicted octanol–water partition coefficient (Wildman–Crippen LogP) is 3.64. The second kappa shape index (κ2) is 6.49. The van der Waals surface area contributed by atoms with Crippen molar-refractivity contribution in [3.05, 3.63) is 80.6 Å². The highest BCUT2D eigenvalue weighted by molar-refractivity contribution is 6.30. The number of benzene rings is 2. The van der Waals surface area contributed by atoms with Crippen LogP contribution in [0.3, 0.4) is 0 Å². The van der Waals surface area contributed by atoms with Gasteiger partial charge in [-0.3, -0.25) is 9.59 Å². The lowest BCUT2D eigenvalue weighted by Gasteiger charge is -2.14. The molecule has 0 aliphatic rings. The van der Waals surface area contributed by atoms with E-state index in [1.54, 1.807) is 18.3 Å². The highest BCUT2D eigenvalue weighted by Gasteiger charge is 2.12.